The number of aliphatic hydroxyl groups is 1. The van der Waals surface area contributed by atoms with Crippen molar-refractivity contribution in [3.63, 3.8) is 0 Å². The van der Waals surface area contributed by atoms with Crippen LogP contribution in [0.15, 0.2) is 41.5 Å². The Kier molecular flexibility index (Phi) is 3.43. The maximum atomic E-state index is 10.5. The molecule has 20 heavy (non-hydrogen) atoms. The first-order valence-corrected chi connectivity index (χ1v) is 6.61. The molecular weight excluding hydrogens is 252 g/mol. The topological polar surface area (TPSA) is 70.4 Å². The summed E-state index contributed by atoms with van der Waals surface area (Å²) >= 11 is 0. The smallest absolute Gasteiger partial charge is 0.153 e. The Hall–Kier alpha value is -2.27. The predicted octanol–water partition coefficient (Wildman–Crippen LogP) is 1.49. The summed E-state index contributed by atoms with van der Waals surface area (Å²) in [7, 11) is 0. The van der Waals surface area contributed by atoms with Crippen LogP contribution in [0.1, 0.15) is 17.5 Å². The largest absolute Gasteiger partial charge is 0.379 e. The highest BCUT2D eigenvalue weighted by Gasteiger charge is 2.23. The van der Waals surface area contributed by atoms with Gasteiger partial charge in [0.05, 0.1) is 17.9 Å². The van der Waals surface area contributed by atoms with Gasteiger partial charge in [-0.15, -0.1) is 0 Å². The highest BCUT2D eigenvalue weighted by Crippen LogP contribution is 2.26. The summed E-state index contributed by atoms with van der Waals surface area (Å²) < 4.78 is 0. The molecule has 1 atom stereocenters. The third-order valence-corrected chi connectivity index (χ3v) is 3.22. The van der Waals surface area contributed by atoms with Crippen LogP contribution in [0.5, 0.6) is 0 Å². The quantitative estimate of drug-likeness (QED) is 0.884. The van der Waals surface area contributed by atoms with Crippen molar-refractivity contribution in [2.45, 2.75) is 13.0 Å². The second-order valence-electron chi connectivity index (χ2n) is 4.70. The molecule has 1 aliphatic heterocycles. The van der Waals surface area contributed by atoms with Gasteiger partial charge in [0.2, 0.25) is 0 Å². The van der Waals surface area contributed by atoms with Gasteiger partial charge < -0.3 is 10.4 Å². The fraction of sp³-hybridized carbons (Fsp3) is 0.267. The van der Waals surface area contributed by atoms with Crippen LogP contribution in [0.2, 0.25) is 0 Å². The van der Waals surface area contributed by atoms with E-state index < -0.39 is 6.10 Å². The summed E-state index contributed by atoms with van der Waals surface area (Å²) in [6.45, 7) is 3.36. The lowest BCUT2D eigenvalue weighted by molar-refractivity contribution is 0.239. The van der Waals surface area contributed by atoms with E-state index in [9.17, 15) is 5.11 Å². The Morgan fingerprint density at radius 2 is 2.15 bits per heavy atom. The van der Waals surface area contributed by atoms with E-state index in [-0.39, 0.29) is 0 Å². The van der Waals surface area contributed by atoms with Crippen molar-refractivity contribution >= 4 is 5.84 Å². The standard InChI is InChI=1S/C15H16N4O/c1-10-5-6-11(12-4-2-3-7-16-12)13(19-10)14(20)15-17-8-9-18-15/h2-7,14,20H,8-9H2,1H3,(H,17,18). The van der Waals surface area contributed by atoms with E-state index in [0.29, 0.717) is 18.1 Å². The lowest BCUT2D eigenvalue weighted by Crippen LogP contribution is -2.26. The van der Waals surface area contributed by atoms with Crippen LogP contribution < -0.4 is 5.32 Å². The van der Waals surface area contributed by atoms with Crippen molar-refractivity contribution in [2.75, 3.05) is 13.1 Å². The molecule has 0 amide bonds. The van der Waals surface area contributed by atoms with Gasteiger partial charge in [-0.1, -0.05) is 6.07 Å². The number of pyridine rings is 2. The van der Waals surface area contributed by atoms with Gasteiger partial charge in [-0.05, 0) is 31.2 Å². The van der Waals surface area contributed by atoms with Crippen molar-refractivity contribution < 1.29 is 5.11 Å². The Morgan fingerprint density at radius 3 is 2.85 bits per heavy atom. The highest BCUT2D eigenvalue weighted by atomic mass is 16.3. The van der Waals surface area contributed by atoms with Gasteiger partial charge >= 0.3 is 0 Å². The molecular formula is C15H16N4O. The van der Waals surface area contributed by atoms with Crippen LogP contribution in [0.25, 0.3) is 11.3 Å². The summed E-state index contributed by atoms with van der Waals surface area (Å²) in [6.07, 6.45) is 0.894. The molecule has 2 aromatic rings. The second-order valence-corrected chi connectivity index (χ2v) is 4.70. The Bertz CT molecular complexity index is 640. The minimum atomic E-state index is -0.839. The van der Waals surface area contributed by atoms with Gasteiger partial charge in [0.1, 0.15) is 5.84 Å². The van der Waals surface area contributed by atoms with Gasteiger partial charge in [0, 0.05) is 24.0 Å². The molecule has 0 bridgehead atoms. The Labute approximate surface area is 117 Å². The molecule has 0 saturated heterocycles. The number of amidine groups is 1. The van der Waals surface area contributed by atoms with Crippen molar-refractivity contribution in [1.29, 1.82) is 0 Å². The SMILES string of the molecule is Cc1ccc(-c2ccccn2)c(C(O)C2=NCCN2)n1. The number of aliphatic hydroxyl groups excluding tert-OH is 1. The number of nitrogens with one attached hydrogen (secondary N) is 1. The third-order valence-electron chi connectivity index (χ3n) is 3.22. The van der Waals surface area contributed by atoms with Crippen molar-refractivity contribution in [3.8, 4) is 11.3 Å². The van der Waals surface area contributed by atoms with Crippen LogP contribution in [0, 0.1) is 6.92 Å². The number of aliphatic imine (C=N–C) groups is 1. The van der Waals surface area contributed by atoms with Crippen molar-refractivity contribution in [2.24, 2.45) is 4.99 Å². The molecule has 0 fully saturated rings. The van der Waals surface area contributed by atoms with Gasteiger partial charge in [-0.25, -0.2) is 0 Å². The predicted molar refractivity (Wildman–Crippen MR) is 77.5 cm³/mol. The van der Waals surface area contributed by atoms with E-state index in [1.54, 1.807) is 6.20 Å². The lowest BCUT2D eigenvalue weighted by atomic mass is 10.0. The number of rotatable bonds is 3. The fourth-order valence-electron chi connectivity index (χ4n) is 2.25. The van der Waals surface area contributed by atoms with Crippen molar-refractivity contribution in [3.05, 3.63) is 47.9 Å². The van der Waals surface area contributed by atoms with Crippen LogP contribution in [-0.4, -0.2) is 34.0 Å². The number of nitrogens with zero attached hydrogens (tertiary/aromatic N) is 3. The fourth-order valence-corrected chi connectivity index (χ4v) is 2.25. The molecule has 1 aliphatic rings. The molecule has 3 heterocycles. The molecule has 3 rings (SSSR count). The first-order chi connectivity index (χ1) is 9.75. The summed E-state index contributed by atoms with van der Waals surface area (Å²) in [6, 6.07) is 9.56. The van der Waals surface area contributed by atoms with Crippen LogP contribution >= 0.6 is 0 Å². The summed E-state index contributed by atoms with van der Waals surface area (Å²) in [4.78, 5) is 13.1. The van der Waals surface area contributed by atoms with Crippen LogP contribution in [0.3, 0.4) is 0 Å². The number of hydrogen-bond acceptors (Lipinski definition) is 5. The molecule has 5 heteroatoms. The van der Waals surface area contributed by atoms with E-state index in [0.717, 1.165) is 23.5 Å². The van der Waals surface area contributed by atoms with Gasteiger partial charge in [-0.2, -0.15) is 0 Å². The van der Waals surface area contributed by atoms with Crippen LogP contribution in [-0.2, 0) is 0 Å². The van der Waals surface area contributed by atoms with E-state index in [2.05, 4.69) is 20.3 Å². The van der Waals surface area contributed by atoms with E-state index in [1.165, 1.54) is 0 Å². The molecule has 0 radical (unpaired) electrons. The maximum absolute atomic E-state index is 10.5. The average molecular weight is 268 g/mol. The normalized spacial score (nSPS) is 15.6. The molecule has 5 nitrogen and oxygen atoms in total. The summed E-state index contributed by atoms with van der Waals surface area (Å²) in [5.41, 5.74) is 3.09. The maximum Gasteiger partial charge on any atom is 0.153 e. The molecule has 0 aromatic carbocycles. The number of hydrogen-bond donors (Lipinski definition) is 2. The van der Waals surface area contributed by atoms with Crippen LogP contribution in [0.4, 0.5) is 0 Å². The Balaban J connectivity index is 2.07. The zero-order chi connectivity index (χ0) is 13.9. The van der Waals surface area contributed by atoms with Gasteiger partial charge in [-0.3, -0.25) is 15.0 Å². The zero-order valence-electron chi connectivity index (χ0n) is 11.2. The Morgan fingerprint density at radius 1 is 1.25 bits per heavy atom. The van der Waals surface area contributed by atoms with E-state index >= 15 is 0 Å². The summed E-state index contributed by atoms with van der Waals surface area (Å²) in [5.74, 6) is 0.584. The van der Waals surface area contributed by atoms with Gasteiger partial charge in [0.25, 0.3) is 0 Å². The minimum absolute atomic E-state index is 0.584. The monoisotopic (exact) mass is 268 g/mol. The van der Waals surface area contributed by atoms with E-state index in [4.69, 9.17) is 0 Å². The first-order valence-electron chi connectivity index (χ1n) is 6.61. The summed E-state index contributed by atoms with van der Waals surface area (Å²) in [5, 5.41) is 13.6. The molecule has 1 unspecified atom stereocenters. The highest BCUT2D eigenvalue weighted by molar-refractivity contribution is 5.89. The lowest BCUT2D eigenvalue weighted by Gasteiger charge is -2.15. The molecule has 0 saturated carbocycles. The third kappa shape index (κ3) is 2.40. The van der Waals surface area contributed by atoms with E-state index in [1.807, 2.05) is 37.3 Å². The zero-order valence-corrected chi connectivity index (χ0v) is 11.2. The van der Waals surface area contributed by atoms with Crippen molar-refractivity contribution in [1.82, 2.24) is 15.3 Å². The molecule has 0 aliphatic carbocycles. The minimum Gasteiger partial charge on any atom is -0.379 e. The molecule has 102 valence electrons. The average Bonchev–Trinajstić information content (AvgIpc) is 3.01. The van der Waals surface area contributed by atoms with Gasteiger partial charge in [0.15, 0.2) is 6.10 Å². The molecule has 0 spiro atoms. The first kappa shape index (κ1) is 12.7. The number of aromatic nitrogens is 2. The second kappa shape index (κ2) is 5.38. The molecule has 2 aromatic heterocycles. The molecule has 2 N–H and O–H groups in total. The number of aryl methyl sites for hydroxylation is 1.